The van der Waals surface area contributed by atoms with E-state index in [9.17, 15) is 31.9 Å². The highest BCUT2D eigenvalue weighted by molar-refractivity contribution is 8.00. The van der Waals surface area contributed by atoms with E-state index in [-0.39, 0.29) is 36.1 Å². The van der Waals surface area contributed by atoms with Crippen LogP contribution in [0.4, 0.5) is 17.6 Å². The molecule has 0 heterocycles. The van der Waals surface area contributed by atoms with E-state index < -0.39 is 60.2 Å². The topological polar surface area (TPSA) is 87.3 Å². The molecular formula is C28H37F4N3O3S. The normalized spacial score (nSPS) is 19.6. The standard InChI is InChI=1S/C28H37F4N3O3S/c1-17-5-11-21(12-6-17)39-28(31,32)16-33-23(15-27(29,30)14-19-7-8-19)25(37)35-22(13-18-3-2-4-18)24(36)26(38)34-20-9-10-20/h5-6,11-12,18-20,22-23,33H,2-4,7-10,13-16H2,1H3,(H,34,38)(H,35,37)/t22-,23-/m0/s1. The summed E-state index contributed by atoms with van der Waals surface area (Å²) in [5.41, 5.74) is 0.909. The molecular weight excluding hydrogens is 534 g/mol. The van der Waals surface area contributed by atoms with Crippen molar-refractivity contribution in [3.8, 4) is 0 Å². The number of ketones is 1. The number of nitrogens with one attached hydrogen (secondary N) is 3. The molecule has 0 saturated heterocycles. The lowest BCUT2D eigenvalue weighted by Crippen LogP contribution is -2.56. The molecule has 1 aromatic rings. The quantitative estimate of drug-likeness (QED) is 0.148. The molecule has 0 aliphatic heterocycles. The van der Waals surface area contributed by atoms with Gasteiger partial charge in [-0.05, 0) is 63.0 Å². The molecule has 3 saturated carbocycles. The second-order valence-electron chi connectivity index (χ2n) is 11.4. The van der Waals surface area contributed by atoms with Gasteiger partial charge in [0.1, 0.15) is 0 Å². The lowest BCUT2D eigenvalue weighted by atomic mass is 9.80. The maximum Gasteiger partial charge on any atom is 0.310 e. The van der Waals surface area contributed by atoms with Gasteiger partial charge in [0.05, 0.1) is 18.6 Å². The summed E-state index contributed by atoms with van der Waals surface area (Å²) in [5, 5.41) is 4.06. The molecule has 3 aliphatic rings. The van der Waals surface area contributed by atoms with E-state index >= 15 is 0 Å². The number of aryl methyl sites for hydroxylation is 1. The molecule has 0 spiro atoms. The third-order valence-electron chi connectivity index (χ3n) is 7.51. The van der Waals surface area contributed by atoms with Crippen molar-refractivity contribution in [2.24, 2.45) is 11.8 Å². The number of Topliss-reactive ketones (excluding diaryl/α,β-unsaturated/α-hetero) is 1. The van der Waals surface area contributed by atoms with Crippen LogP contribution in [0.5, 0.6) is 0 Å². The van der Waals surface area contributed by atoms with Gasteiger partial charge in [0.2, 0.25) is 17.6 Å². The number of carbonyl (C=O) groups excluding carboxylic acids is 3. The van der Waals surface area contributed by atoms with Gasteiger partial charge in [0, 0.05) is 23.8 Å². The third-order valence-corrected chi connectivity index (χ3v) is 8.46. The summed E-state index contributed by atoms with van der Waals surface area (Å²) in [5.74, 6) is -5.87. The number of benzene rings is 1. The van der Waals surface area contributed by atoms with Gasteiger partial charge in [-0.1, -0.05) is 48.7 Å². The number of amides is 2. The zero-order chi connectivity index (χ0) is 28.2. The molecule has 1 aromatic carbocycles. The van der Waals surface area contributed by atoms with Gasteiger partial charge >= 0.3 is 5.25 Å². The molecule has 3 fully saturated rings. The van der Waals surface area contributed by atoms with Crippen molar-refractivity contribution in [2.75, 3.05) is 6.54 Å². The van der Waals surface area contributed by atoms with E-state index in [0.717, 1.165) is 37.7 Å². The average molecular weight is 572 g/mol. The minimum atomic E-state index is -3.38. The fraction of sp³-hybridized carbons (Fsp3) is 0.679. The number of alkyl halides is 4. The van der Waals surface area contributed by atoms with Gasteiger partial charge in [-0.15, -0.1) is 0 Å². The predicted molar refractivity (Wildman–Crippen MR) is 141 cm³/mol. The summed E-state index contributed by atoms with van der Waals surface area (Å²) in [6.07, 6.45) is 4.39. The molecule has 2 atom stereocenters. The first kappa shape index (κ1) is 29.8. The second kappa shape index (κ2) is 12.6. The zero-order valence-corrected chi connectivity index (χ0v) is 22.9. The summed E-state index contributed by atoms with van der Waals surface area (Å²) in [7, 11) is 0. The van der Waals surface area contributed by atoms with Gasteiger partial charge in [-0.25, -0.2) is 8.78 Å². The molecule has 11 heteroatoms. The minimum Gasteiger partial charge on any atom is -0.347 e. The summed E-state index contributed by atoms with van der Waals surface area (Å²) in [6.45, 7) is 0.810. The molecule has 39 heavy (non-hydrogen) atoms. The molecule has 2 amide bonds. The Morgan fingerprint density at radius 2 is 1.62 bits per heavy atom. The van der Waals surface area contributed by atoms with Crippen molar-refractivity contribution in [2.45, 2.75) is 105 Å². The van der Waals surface area contributed by atoms with Crippen LogP contribution in [-0.4, -0.2) is 53.4 Å². The van der Waals surface area contributed by atoms with E-state index in [1.54, 1.807) is 24.3 Å². The van der Waals surface area contributed by atoms with E-state index in [2.05, 4.69) is 16.0 Å². The van der Waals surface area contributed by atoms with Crippen LogP contribution in [0, 0.1) is 18.8 Å². The first-order valence-corrected chi connectivity index (χ1v) is 14.6. The van der Waals surface area contributed by atoms with Gasteiger partial charge in [-0.3, -0.25) is 19.7 Å². The van der Waals surface area contributed by atoms with E-state index in [1.165, 1.54) is 0 Å². The molecule has 3 aliphatic carbocycles. The SMILES string of the molecule is Cc1ccc(SC(F)(F)CN[C@@H](CC(F)(F)CC2CC2)C(=O)N[C@@H](CC2CCC2)C(=O)C(=O)NC2CC2)cc1. The highest BCUT2D eigenvalue weighted by atomic mass is 32.2. The Bertz CT molecular complexity index is 1030. The van der Waals surface area contributed by atoms with Crippen LogP contribution in [0.1, 0.15) is 69.8 Å². The van der Waals surface area contributed by atoms with Crippen molar-refractivity contribution in [3.05, 3.63) is 29.8 Å². The fourth-order valence-corrected chi connectivity index (χ4v) is 5.42. The third kappa shape index (κ3) is 9.77. The van der Waals surface area contributed by atoms with Crippen LogP contribution in [0.15, 0.2) is 29.2 Å². The summed E-state index contributed by atoms with van der Waals surface area (Å²) >= 11 is 0.278. The molecule has 0 bridgehead atoms. The Hall–Kier alpha value is -2.14. The van der Waals surface area contributed by atoms with Gasteiger partial charge < -0.3 is 10.6 Å². The van der Waals surface area contributed by atoms with Crippen molar-refractivity contribution < 1.29 is 31.9 Å². The summed E-state index contributed by atoms with van der Waals surface area (Å²) < 4.78 is 59.3. The highest BCUT2D eigenvalue weighted by Crippen LogP contribution is 2.41. The zero-order valence-electron chi connectivity index (χ0n) is 22.1. The number of halogens is 4. The Balaban J connectivity index is 1.43. The Kier molecular flexibility index (Phi) is 9.62. The lowest BCUT2D eigenvalue weighted by Gasteiger charge is -2.31. The number of carbonyl (C=O) groups is 3. The largest absolute Gasteiger partial charge is 0.347 e. The lowest BCUT2D eigenvalue weighted by molar-refractivity contribution is -0.141. The first-order chi connectivity index (χ1) is 18.4. The molecule has 3 N–H and O–H groups in total. The average Bonchev–Trinajstić information content (AvgIpc) is 3.76. The van der Waals surface area contributed by atoms with Gasteiger partial charge in [0.25, 0.3) is 5.91 Å². The predicted octanol–water partition coefficient (Wildman–Crippen LogP) is 4.99. The Labute approximate surface area is 230 Å². The summed E-state index contributed by atoms with van der Waals surface area (Å²) in [4.78, 5) is 38.9. The van der Waals surface area contributed by atoms with Crippen LogP contribution in [0.25, 0.3) is 0 Å². The number of thioether (sulfide) groups is 1. The Morgan fingerprint density at radius 3 is 2.18 bits per heavy atom. The van der Waals surface area contributed by atoms with E-state index in [0.29, 0.717) is 17.7 Å². The van der Waals surface area contributed by atoms with Crippen LogP contribution in [-0.2, 0) is 14.4 Å². The highest BCUT2D eigenvalue weighted by Gasteiger charge is 2.43. The Morgan fingerprint density at radius 1 is 0.949 bits per heavy atom. The van der Waals surface area contributed by atoms with Gasteiger partial charge in [0.15, 0.2) is 0 Å². The van der Waals surface area contributed by atoms with E-state index in [1.807, 2.05) is 6.92 Å². The van der Waals surface area contributed by atoms with E-state index in [4.69, 9.17) is 0 Å². The van der Waals surface area contributed by atoms with Crippen LogP contribution >= 0.6 is 11.8 Å². The molecule has 0 aromatic heterocycles. The number of hydrogen-bond donors (Lipinski definition) is 3. The van der Waals surface area contributed by atoms with Crippen molar-refractivity contribution in [1.29, 1.82) is 0 Å². The molecule has 6 nitrogen and oxygen atoms in total. The van der Waals surface area contributed by atoms with Crippen LogP contribution < -0.4 is 16.0 Å². The van der Waals surface area contributed by atoms with Crippen LogP contribution in [0.2, 0.25) is 0 Å². The van der Waals surface area contributed by atoms with Crippen molar-refractivity contribution in [1.82, 2.24) is 16.0 Å². The molecule has 4 rings (SSSR count). The minimum absolute atomic E-state index is 0.0645. The molecule has 0 radical (unpaired) electrons. The monoisotopic (exact) mass is 571 g/mol. The second-order valence-corrected chi connectivity index (χ2v) is 12.7. The smallest absolute Gasteiger partial charge is 0.310 e. The van der Waals surface area contributed by atoms with Gasteiger partial charge in [-0.2, -0.15) is 8.78 Å². The molecule has 0 unspecified atom stereocenters. The number of hydrogen-bond acceptors (Lipinski definition) is 5. The van der Waals surface area contributed by atoms with Crippen molar-refractivity contribution >= 4 is 29.4 Å². The van der Waals surface area contributed by atoms with Crippen molar-refractivity contribution in [3.63, 3.8) is 0 Å². The molecule has 216 valence electrons. The fourth-order valence-electron chi connectivity index (χ4n) is 4.65. The number of rotatable bonds is 16. The first-order valence-electron chi connectivity index (χ1n) is 13.8. The van der Waals surface area contributed by atoms with Crippen LogP contribution in [0.3, 0.4) is 0 Å². The maximum absolute atomic E-state index is 14.8. The maximum atomic E-state index is 14.8. The summed E-state index contributed by atoms with van der Waals surface area (Å²) in [6, 6.07) is 3.57.